The molecule has 2 unspecified atom stereocenters. The zero-order valence-electron chi connectivity index (χ0n) is 9.46. The second kappa shape index (κ2) is 6.70. The van der Waals surface area contributed by atoms with Gasteiger partial charge in [-0.05, 0) is 36.2 Å². The predicted molar refractivity (Wildman–Crippen MR) is 65.2 cm³/mol. The third kappa shape index (κ3) is 3.44. The van der Waals surface area contributed by atoms with E-state index in [1.54, 1.807) is 0 Å². The number of nitrogens with two attached hydrogens (primary N) is 1. The SMILES string of the molecule is CCC(CC)CC(NN)C1CCSC1. The van der Waals surface area contributed by atoms with Crippen LogP contribution in [0.25, 0.3) is 0 Å². The molecule has 1 heterocycles. The number of hydrogen-bond acceptors (Lipinski definition) is 3. The lowest BCUT2D eigenvalue weighted by molar-refractivity contribution is 0.301. The zero-order chi connectivity index (χ0) is 10.4. The Morgan fingerprint density at radius 1 is 1.43 bits per heavy atom. The van der Waals surface area contributed by atoms with E-state index in [1.807, 2.05) is 0 Å². The molecule has 0 amide bonds. The van der Waals surface area contributed by atoms with Gasteiger partial charge in [0, 0.05) is 6.04 Å². The summed E-state index contributed by atoms with van der Waals surface area (Å²) in [5, 5.41) is 0. The first-order valence-corrected chi connectivity index (χ1v) is 7.01. The molecule has 2 nitrogen and oxygen atoms in total. The Bertz CT molecular complexity index is 142. The average molecular weight is 216 g/mol. The molecule has 0 aliphatic carbocycles. The van der Waals surface area contributed by atoms with Crippen molar-refractivity contribution in [3.8, 4) is 0 Å². The van der Waals surface area contributed by atoms with Crippen LogP contribution in [0.4, 0.5) is 0 Å². The fourth-order valence-electron chi connectivity index (χ4n) is 2.25. The summed E-state index contributed by atoms with van der Waals surface area (Å²) < 4.78 is 0. The van der Waals surface area contributed by atoms with Gasteiger partial charge < -0.3 is 0 Å². The first-order valence-electron chi connectivity index (χ1n) is 5.85. The Labute approximate surface area is 92.4 Å². The quantitative estimate of drug-likeness (QED) is 0.529. The summed E-state index contributed by atoms with van der Waals surface area (Å²) >= 11 is 2.07. The van der Waals surface area contributed by atoms with Gasteiger partial charge in [0.15, 0.2) is 0 Å². The van der Waals surface area contributed by atoms with Crippen molar-refractivity contribution < 1.29 is 0 Å². The molecule has 1 fully saturated rings. The first kappa shape index (κ1) is 12.3. The third-order valence-electron chi connectivity index (χ3n) is 3.49. The second-order valence-corrected chi connectivity index (χ2v) is 5.46. The maximum absolute atomic E-state index is 5.65. The molecule has 0 saturated carbocycles. The molecule has 0 aromatic carbocycles. The summed E-state index contributed by atoms with van der Waals surface area (Å²) in [6.45, 7) is 4.57. The van der Waals surface area contributed by atoms with Gasteiger partial charge in [0.05, 0.1) is 0 Å². The molecule has 1 aliphatic heterocycles. The van der Waals surface area contributed by atoms with Gasteiger partial charge in [-0.3, -0.25) is 11.3 Å². The van der Waals surface area contributed by atoms with Crippen LogP contribution in [-0.4, -0.2) is 17.5 Å². The van der Waals surface area contributed by atoms with E-state index in [1.165, 1.54) is 37.2 Å². The van der Waals surface area contributed by atoms with Crippen molar-refractivity contribution >= 4 is 11.8 Å². The van der Waals surface area contributed by atoms with Crippen LogP contribution < -0.4 is 11.3 Å². The molecule has 0 radical (unpaired) electrons. The van der Waals surface area contributed by atoms with Crippen molar-refractivity contribution in [2.45, 2.75) is 45.6 Å². The fraction of sp³-hybridized carbons (Fsp3) is 1.00. The maximum atomic E-state index is 5.65. The van der Waals surface area contributed by atoms with Gasteiger partial charge in [0.1, 0.15) is 0 Å². The standard InChI is InChI=1S/C11H24N2S/c1-3-9(4-2)7-11(13-12)10-5-6-14-8-10/h9-11,13H,3-8,12H2,1-2H3. The van der Waals surface area contributed by atoms with Gasteiger partial charge in [-0.15, -0.1) is 0 Å². The van der Waals surface area contributed by atoms with Crippen molar-refractivity contribution in [1.29, 1.82) is 0 Å². The number of thioether (sulfide) groups is 1. The van der Waals surface area contributed by atoms with Crippen molar-refractivity contribution in [2.75, 3.05) is 11.5 Å². The Morgan fingerprint density at radius 2 is 2.14 bits per heavy atom. The number of hydrazine groups is 1. The number of rotatable bonds is 6. The van der Waals surface area contributed by atoms with E-state index in [0.29, 0.717) is 6.04 Å². The molecule has 84 valence electrons. The highest BCUT2D eigenvalue weighted by molar-refractivity contribution is 7.99. The van der Waals surface area contributed by atoms with Gasteiger partial charge in [-0.25, -0.2) is 0 Å². The van der Waals surface area contributed by atoms with Gasteiger partial charge in [-0.1, -0.05) is 26.7 Å². The summed E-state index contributed by atoms with van der Waals surface area (Å²) in [5.41, 5.74) is 3.03. The molecular formula is C11H24N2S. The normalized spacial score (nSPS) is 24.4. The minimum Gasteiger partial charge on any atom is -0.271 e. The van der Waals surface area contributed by atoms with Crippen molar-refractivity contribution in [3.63, 3.8) is 0 Å². The molecule has 1 rings (SSSR count). The van der Waals surface area contributed by atoms with Crippen LogP contribution in [0.1, 0.15) is 39.5 Å². The Hall–Kier alpha value is 0.270. The molecule has 0 bridgehead atoms. The number of nitrogens with one attached hydrogen (secondary N) is 1. The van der Waals surface area contributed by atoms with E-state index in [0.717, 1.165) is 11.8 Å². The second-order valence-electron chi connectivity index (χ2n) is 4.32. The van der Waals surface area contributed by atoms with Crippen LogP contribution in [-0.2, 0) is 0 Å². The van der Waals surface area contributed by atoms with E-state index in [4.69, 9.17) is 5.84 Å². The number of hydrogen-bond donors (Lipinski definition) is 2. The topological polar surface area (TPSA) is 38.0 Å². The van der Waals surface area contributed by atoms with Crippen LogP contribution >= 0.6 is 11.8 Å². The maximum Gasteiger partial charge on any atom is 0.0249 e. The van der Waals surface area contributed by atoms with Crippen molar-refractivity contribution in [2.24, 2.45) is 17.7 Å². The largest absolute Gasteiger partial charge is 0.271 e. The van der Waals surface area contributed by atoms with Crippen LogP contribution in [0.15, 0.2) is 0 Å². The molecule has 3 N–H and O–H groups in total. The molecule has 14 heavy (non-hydrogen) atoms. The van der Waals surface area contributed by atoms with Gasteiger partial charge >= 0.3 is 0 Å². The Kier molecular flexibility index (Phi) is 5.90. The first-order chi connectivity index (χ1) is 6.81. The minimum absolute atomic E-state index is 0.551. The lowest BCUT2D eigenvalue weighted by Gasteiger charge is -2.25. The van der Waals surface area contributed by atoms with Crippen LogP contribution in [0.2, 0.25) is 0 Å². The van der Waals surface area contributed by atoms with E-state index in [9.17, 15) is 0 Å². The predicted octanol–water partition coefficient (Wildman–Crippen LogP) is 2.40. The van der Waals surface area contributed by atoms with E-state index in [2.05, 4.69) is 31.0 Å². The molecule has 2 atom stereocenters. The molecule has 3 heteroatoms. The molecule has 1 saturated heterocycles. The summed E-state index contributed by atoms with van der Waals surface area (Å²) in [5.74, 6) is 9.94. The lowest BCUT2D eigenvalue weighted by Crippen LogP contribution is -2.42. The monoisotopic (exact) mass is 216 g/mol. The van der Waals surface area contributed by atoms with E-state index >= 15 is 0 Å². The van der Waals surface area contributed by atoms with E-state index in [-0.39, 0.29) is 0 Å². The van der Waals surface area contributed by atoms with Crippen molar-refractivity contribution in [3.05, 3.63) is 0 Å². The summed E-state index contributed by atoms with van der Waals surface area (Å²) in [6.07, 6.45) is 5.18. The highest BCUT2D eigenvalue weighted by Crippen LogP contribution is 2.29. The summed E-state index contributed by atoms with van der Waals surface area (Å²) in [7, 11) is 0. The minimum atomic E-state index is 0.551. The van der Waals surface area contributed by atoms with Crippen LogP contribution in [0.3, 0.4) is 0 Å². The average Bonchev–Trinajstić information content (AvgIpc) is 2.73. The van der Waals surface area contributed by atoms with Gasteiger partial charge in [0.25, 0.3) is 0 Å². The molecule has 0 spiro atoms. The lowest BCUT2D eigenvalue weighted by atomic mass is 9.88. The highest BCUT2D eigenvalue weighted by atomic mass is 32.2. The van der Waals surface area contributed by atoms with Crippen LogP contribution in [0, 0.1) is 11.8 Å². The Balaban J connectivity index is 2.36. The smallest absolute Gasteiger partial charge is 0.0249 e. The van der Waals surface area contributed by atoms with Crippen molar-refractivity contribution in [1.82, 2.24) is 5.43 Å². The molecule has 1 aliphatic rings. The fourth-order valence-corrected chi connectivity index (χ4v) is 3.59. The molecule has 0 aromatic heterocycles. The highest BCUT2D eigenvalue weighted by Gasteiger charge is 2.25. The third-order valence-corrected chi connectivity index (χ3v) is 4.68. The van der Waals surface area contributed by atoms with Gasteiger partial charge in [0.2, 0.25) is 0 Å². The van der Waals surface area contributed by atoms with Gasteiger partial charge in [-0.2, -0.15) is 11.8 Å². The molecular weight excluding hydrogens is 192 g/mol. The summed E-state index contributed by atoms with van der Waals surface area (Å²) in [6, 6.07) is 0.551. The van der Waals surface area contributed by atoms with E-state index < -0.39 is 0 Å². The van der Waals surface area contributed by atoms with Crippen LogP contribution in [0.5, 0.6) is 0 Å². The summed E-state index contributed by atoms with van der Waals surface area (Å²) in [4.78, 5) is 0. The Morgan fingerprint density at radius 3 is 2.57 bits per heavy atom. The zero-order valence-corrected chi connectivity index (χ0v) is 10.3. The molecule has 0 aromatic rings.